The SMILES string of the molecule is CC[C@](C)(C(=O)OC)N1CCN(C)CC1. The van der Waals surface area contributed by atoms with Crippen LogP contribution in [0.2, 0.25) is 0 Å². The van der Waals surface area contributed by atoms with Gasteiger partial charge in [-0.3, -0.25) is 9.69 Å². The van der Waals surface area contributed by atoms with E-state index in [4.69, 9.17) is 4.74 Å². The van der Waals surface area contributed by atoms with E-state index in [9.17, 15) is 4.79 Å². The van der Waals surface area contributed by atoms with Gasteiger partial charge in [0.1, 0.15) is 5.54 Å². The maximum absolute atomic E-state index is 11.8. The zero-order valence-corrected chi connectivity index (χ0v) is 10.2. The van der Waals surface area contributed by atoms with Gasteiger partial charge in [-0.1, -0.05) is 6.92 Å². The van der Waals surface area contributed by atoms with Gasteiger partial charge in [0.05, 0.1) is 7.11 Å². The Morgan fingerprint density at radius 2 is 1.87 bits per heavy atom. The standard InChI is InChI=1S/C11H22N2O2/c1-5-11(2,10(14)15-4)13-8-6-12(3)7-9-13/h5-9H2,1-4H3/t11-/m1/s1. The van der Waals surface area contributed by atoms with E-state index in [1.54, 1.807) is 0 Å². The van der Waals surface area contributed by atoms with Gasteiger partial charge in [-0.2, -0.15) is 0 Å². The third-order valence-electron chi connectivity index (χ3n) is 3.51. The summed E-state index contributed by atoms with van der Waals surface area (Å²) < 4.78 is 4.89. The molecule has 15 heavy (non-hydrogen) atoms. The zero-order valence-electron chi connectivity index (χ0n) is 10.2. The molecular weight excluding hydrogens is 192 g/mol. The fraction of sp³-hybridized carbons (Fsp3) is 0.909. The zero-order chi connectivity index (χ0) is 11.5. The summed E-state index contributed by atoms with van der Waals surface area (Å²) in [5, 5.41) is 0. The van der Waals surface area contributed by atoms with Crippen molar-refractivity contribution in [1.29, 1.82) is 0 Å². The topological polar surface area (TPSA) is 32.8 Å². The van der Waals surface area contributed by atoms with E-state index in [2.05, 4.69) is 16.8 Å². The smallest absolute Gasteiger partial charge is 0.325 e. The van der Waals surface area contributed by atoms with Crippen LogP contribution in [0.4, 0.5) is 0 Å². The lowest BCUT2D eigenvalue weighted by atomic mass is 9.95. The van der Waals surface area contributed by atoms with Gasteiger partial charge >= 0.3 is 5.97 Å². The first-order chi connectivity index (χ1) is 7.04. The van der Waals surface area contributed by atoms with Gasteiger partial charge in [-0.15, -0.1) is 0 Å². The molecule has 0 unspecified atom stereocenters. The monoisotopic (exact) mass is 214 g/mol. The lowest BCUT2D eigenvalue weighted by Gasteiger charge is -2.42. The third kappa shape index (κ3) is 2.49. The van der Waals surface area contributed by atoms with Crippen LogP contribution in [-0.2, 0) is 9.53 Å². The molecule has 1 aliphatic heterocycles. The number of ether oxygens (including phenoxy) is 1. The van der Waals surface area contributed by atoms with E-state index in [1.807, 2.05) is 13.8 Å². The van der Waals surface area contributed by atoms with Crippen molar-refractivity contribution in [3.63, 3.8) is 0 Å². The highest BCUT2D eigenvalue weighted by Crippen LogP contribution is 2.22. The molecule has 1 aliphatic rings. The second-order valence-electron chi connectivity index (χ2n) is 4.41. The van der Waals surface area contributed by atoms with Crippen molar-refractivity contribution in [3.05, 3.63) is 0 Å². The molecule has 1 atom stereocenters. The van der Waals surface area contributed by atoms with Crippen LogP contribution >= 0.6 is 0 Å². The lowest BCUT2D eigenvalue weighted by molar-refractivity contribution is -0.155. The van der Waals surface area contributed by atoms with Crippen molar-refractivity contribution in [2.75, 3.05) is 40.3 Å². The molecule has 88 valence electrons. The molecule has 1 heterocycles. The first-order valence-electron chi connectivity index (χ1n) is 5.56. The van der Waals surface area contributed by atoms with Crippen LogP contribution in [0.1, 0.15) is 20.3 Å². The van der Waals surface area contributed by atoms with Crippen molar-refractivity contribution < 1.29 is 9.53 Å². The summed E-state index contributed by atoms with van der Waals surface area (Å²) in [6.07, 6.45) is 0.795. The third-order valence-corrected chi connectivity index (χ3v) is 3.51. The minimum Gasteiger partial charge on any atom is -0.468 e. The number of carbonyl (C=O) groups is 1. The van der Waals surface area contributed by atoms with E-state index in [0.717, 1.165) is 32.6 Å². The predicted molar refractivity (Wildman–Crippen MR) is 59.8 cm³/mol. The highest BCUT2D eigenvalue weighted by molar-refractivity contribution is 5.80. The Kier molecular flexibility index (Phi) is 4.11. The Bertz CT molecular complexity index is 225. The van der Waals surface area contributed by atoms with Gasteiger partial charge in [0, 0.05) is 26.2 Å². The molecule has 0 radical (unpaired) electrons. The molecule has 0 amide bonds. The van der Waals surface area contributed by atoms with Crippen molar-refractivity contribution in [2.24, 2.45) is 0 Å². The molecule has 0 aromatic carbocycles. The fourth-order valence-electron chi connectivity index (χ4n) is 2.02. The van der Waals surface area contributed by atoms with Crippen LogP contribution < -0.4 is 0 Å². The molecule has 0 aromatic heterocycles. The Morgan fingerprint density at radius 1 is 1.33 bits per heavy atom. The maximum Gasteiger partial charge on any atom is 0.325 e. The molecule has 1 fully saturated rings. The Labute approximate surface area is 92.2 Å². The molecule has 0 bridgehead atoms. The number of piperazine rings is 1. The average molecular weight is 214 g/mol. The van der Waals surface area contributed by atoms with Crippen molar-refractivity contribution in [1.82, 2.24) is 9.80 Å². The number of hydrogen-bond acceptors (Lipinski definition) is 4. The Hall–Kier alpha value is -0.610. The lowest BCUT2D eigenvalue weighted by Crippen LogP contribution is -2.58. The number of rotatable bonds is 3. The van der Waals surface area contributed by atoms with Gasteiger partial charge in [-0.25, -0.2) is 0 Å². The van der Waals surface area contributed by atoms with Gasteiger partial charge in [0.25, 0.3) is 0 Å². The van der Waals surface area contributed by atoms with Crippen LogP contribution in [-0.4, -0.2) is 61.6 Å². The maximum atomic E-state index is 11.8. The van der Waals surface area contributed by atoms with Crippen LogP contribution in [0.3, 0.4) is 0 Å². The summed E-state index contributed by atoms with van der Waals surface area (Å²) in [5.74, 6) is -0.116. The van der Waals surface area contributed by atoms with E-state index in [1.165, 1.54) is 7.11 Å². The van der Waals surface area contributed by atoms with E-state index < -0.39 is 5.54 Å². The van der Waals surface area contributed by atoms with E-state index in [-0.39, 0.29) is 5.97 Å². The van der Waals surface area contributed by atoms with E-state index >= 15 is 0 Å². The van der Waals surface area contributed by atoms with Crippen LogP contribution in [0.25, 0.3) is 0 Å². The molecule has 0 saturated carbocycles. The number of methoxy groups -OCH3 is 1. The van der Waals surface area contributed by atoms with E-state index in [0.29, 0.717) is 0 Å². The minimum absolute atomic E-state index is 0.116. The van der Waals surface area contributed by atoms with Crippen molar-refractivity contribution in [2.45, 2.75) is 25.8 Å². The largest absolute Gasteiger partial charge is 0.468 e. The molecule has 1 saturated heterocycles. The molecule has 0 aromatic rings. The van der Waals surface area contributed by atoms with Gasteiger partial charge < -0.3 is 9.64 Å². The second kappa shape index (κ2) is 4.94. The summed E-state index contributed by atoms with van der Waals surface area (Å²) >= 11 is 0. The average Bonchev–Trinajstić information content (AvgIpc) is 2.27. The second-order valence-corrected chi connectivity index (χ2v) is 4.41. The van der Waals surface area contributed by atoms with Crippen LogP contribution in [0.5, 0.6) is 0 Å². The highest BCUT2D eigenvalue weighted by Gasteiger charge is 2.39. The Morgan fingerprint density at radius 3 is 2.27 bits per heavy atom. The van der Waals surface area contributed by atoms with Crippen molar-refractivity contribution in [3.8, 4) is 0 Å². The number of esters is 1. The first-order valence-corrected chi connectivity index (χ1v) is 5.56. The van der Waals surface area contributed by atoms with Crippen molar-refractivity contribution >= 4 is 5.97 Å². The highest BCUT2D eigenvalue weighted by atomic mass is 16.5. The van der Waals surface area contributed by atoms with Gasteiger partial charge in [0.2, 0.25) is 0 Å². The predicted octanol–water partition coefficient (Wildman–Crippen LogP) is 0.575. The van der Waals surface area contributed by atoms with Crippen LogP contribution in [0.15, 0.2) is 0 Å². The first kappa shape index (κ1) is 12.5. The molecule has 1 rings (SSSR count). The summed E-state index contributed by atoms with van der Waals surface area (Å²) in [4.78, 5) is 16.3. The fourth-order valence-corrected chi connectivity index (χ4v) is 2.02. The summed E-state index contributed by atoms with van der Waals surface area (Å²) in [7, 11) is 3.57. The molecule has 0 aliphatic carbocycles. The number of nitrogens with zero attached hydrogens (tertiary/aromatic N) is 2. The summed E-state index contributed by atoms with van der Waals surface area (Å²) in [6.45, 7) is 7.93. The number of carbonyl (C=O) groups excluding carboxylic acids is 1. The molecule has 4 nitrogen and oxygen atoms in total. The number of hydrogen-bond donors (Lipinski definition) is 0. The van der Waals surface area contributed by atoms with Gasteiger partial charge in [-0.05, 0) is 20.4 Å². The summed E-state index contributed by atoms with van der Waals surface area (Å²) in [6, 6.07) is 0. The quantitative estimate of drug-likeness (QED) is 0.643. The normalized spacial score (nSPS) is 23.5. The van der Waals surface area contributed by atoms with Gasteiger partial charge in [0.15, 0.2) is 0 Å². The molecule has 4 heteroatoms. The number of likely N-dealkylation sites (N-methyl/N-ethyl adjacent to an activating group) is 1. The molecule has 0 N–H and O–H groups in total. The Balaban J connectivity index is 2.69. The minimum atomic E-state index is -0.448. The van der Waals surface area contributed by atoms with Crippen LogP contribution in [0, 0.1) is 0 Å². The summed E-state index contributed by atoms with van der Waals surface area (Å²) in [5.41, 5.74) is -0.448. The molecular formula is C11H22N2O2. The molecule has 0 spiro atoms.